The van der Waals surface area contributed by atoms with Gasteiger partial charge in [-0.05, 0) is 92.2 Å². The van der Waals surface area contributed by atoms with E-state index in [1.807, 2.05) is 11.3 Å². The molecule has 1 aliphatic carbocycles. The zero-order valence-electron chi connectivity index (χ0n) is 26.6. The van der Waals surface area contributed by atoms with E-state index in [2.05, 4.69) is 174 Å². The fourth-order valence-corrected chi connectivity index (χ4v) is 9.84. The van der Waals surface area contributed by atoms with Gasteiger partial charge < -0.3 is 4.57 Å². The van der Waals surface area contributed by atoms with Crippen molar-refractivity contribution in [2.45, 2.75) is 5.92 Å². The second kappa shape index (κ2) is 10.3. The molecule has 8 aromatic carbocycles. The van der Waals surface area contributed by atoms with E-state index in [1.165, 1.54) is 97.4 Å². The number of hydrogen-bond acceptors (Lipinski definition) is 1. The van der Waals surface area contributed by atoms with Crippen molar-refractivity contribution in [2.75, 3.05) is 0 Å². The summed E-state index contributed by atoms with van der Waals surface area (Å²) in [5, 5.41) is 7.82. The van der Waals surface area contributed by atoms with Gasteiger partial charge in [-0.2, -0.15) is 0 Å². The average molecular weight is 640 g/mol. The Labute approximate surface area is 287 Å². The first-order valence-electron chi connectivity index (χ1n) is 17.0. The number of hydrogen-bond donors (Lipinski definition) is 0. The lowest BCUT2D eigenvalue weighted by Gasteiger charge is -2.17. The maximum Gasteiger partial charge on any atom is 0.0541 e. The van der Waals surface area contributed by atoms with E-state index < -0.39 is 0 Å². The lowest BCUT2D eigenvalue weighted by atomic mass is 9.86. The van der Waals surface area contributed by atoms with E-state index in [-0.39, 0.29) is 5.92 Å². The van der Waals surface area contributed by atoms with Crippen LogP contribution < -0.4 is 0 Å². The van der Waals surface area contributed by atoms with Gasteiger partial charge in [0.15, 0.2) is 0 Å². The minimum absolute atomic E-state index is 0.173. The summed E-state index contributed by atoms with van der Waals surface area (Å²) in [6.07, 6.45) is 0. The van der Waals surface area contributed by atoms with Crippen LogP contribution in [0.2, 0.25) is 0 Å². The Morgan fingerprint density at radius 1 is 0.469 bits per heavy atom. The number of aromatic nitrogens is 1. The van der Waals surface area contributed by atoms with Crippen molar-refractivity contribution >= 4 is 64.1 Å². The highest BCUT2D eigenvalue weighted by molar-refractivity contribution is 7.26. The van der Waals surface area contributed by atoms with Crippen LogP contribution >= 0.6 is 11.3 Å². The van der Waals surface area contributed by atoms with Crippen molar-refractivity contribution in [3.63, 3.8) is 0 Å². The molecule has 1 aliphatic rings. The standard InChI is InChI=1S/C47H29NS/c1-2-14-33(15-3-1)48-41-20-10-8-17-35(41)39-27-31(24-25-42(39)48)38-28-40-34-16-6-7-18-36(34)44(32-23-22-29-12-4-5-13-30(29)26-32)46(40)47-45(38)37-19-9-11-21-43(37)49-47/h1-28,44H. The van der Waals surface area contributed by atoms with Gasteiger partial charge in [0.05, 0.1) is 11.0 Å². The summed E-state index contributed by atoms with van der Waals surface area (Å²) in [6.45, 7) is 0. The number of para-hydroxylation sites is 2. The number of fused-ring (bicyclic) bond motifs is 11. The van der Waals surface area contributed by atoms with E-state index >= 15 is 0 Å². The number of nitrogens with zero attached hydrogens (tertiary/aromatic N) is 1. The van der Waals surface area contributed by atoms with Crippen LogP contribution in [0.15, 0.2) is 170 Å². The maximum absolute atomic E-state index is 2.51. The van der Waals surface area contributed by atoms with Crippen molar-refractivity contribution in [1.29, 1.82) is 0 Å². The molecule has 0 radical (unpaired) electrons. The molecule has 10 aromatic rings. The van der Waals surface area contributed by atoms with Crippen LogP contribution in [0, 0.1) is 0 Å². The van der Waals surface area contributed by atoms with Gasteiger partial charge in [-0.25, -0.2) is 0 Å². The zero-order valence-corrected chi connectivity index (χ0v) is 27.4. The summed E-state index contributed by atoms with van der Waals surface area (Å²) in [4.78, 5) is 0. The Morgan fingerprint density at radius 3 is 2.12 bits per heavy atom. The fourth-order valence-electron chi connectivity index (χ4n) is 8.53. The molecule has 1 unspecified atom stereocenters. The van der Waals surface area contributed by atoms with Gasteiger partial charge >= 0.3 is 0 Å². The SMILES string of the molecule is c1ccc(-n2c3ccccc3c3cc(-c4cc5c(c6sc7ccccc7c46)C(c4ccc6ccccc6c4)c4ccccc4-5)ccc32)cc1. The summed E-state index contributed by atoms with van der Waals surface area (Å²) in [7, 11) is 0. The topological polar surface area (TPSA) is 4.93 Å². The molecule has 0 saturated carbocycles. The van der Waals surface area contributed by atoms with Crippen LogP contribution in [0.3, 0.4) is 0 Å². The molecular formula is C47H29NS. The Hall–Kier alpha value is -5.96. The first-order chi connectivity index (χ1) is 24.3. The molecule has 0 spiro atoms. The van der Waals surface area contributed by atoms with Gasteiger partial charge in [0, 0.05) is 42.6 Å². The first kappa shape index (κ1) is 27.0. The maximum atomic E-state index is 2.51. The predicted octanol–water partition coefficient (Wildman–Crippen LogP) is 13.1. The molecule has 2 aromatic heterocycles. The second-order valence-electron chi connectivity index (χ2n) is 13.2. The van der Waals surface area contributed by atoms with Gasteiger partial charge in [-0.15, -0.1) is 11.3 Å². The van der Waals surface area contributed by atoms with Crippen molar-refractivity contribution in [2.24, 2.45) is 0 Å². The molecule has 1 nitrogen and oxygen atoms in total. The molecule has 2 heteroatoms. The summed E-state index contributed by atoms with van der Waals surface area (Å²) in [5.74, 6) is 0.173. The molecule has 0 aliphatic heterocycles. The lowest BCUT2D eigenvalue weighted by molar-refractivity contribution is 1.03. The Morgan fingerprint density at radius 2 is 1.20 bits per heavy atom. The predicted molar refractivity (Wildman–Crippen MR) is 209 cm³/mol. The fraction of sp³-hybridized carbons (Fsp3) is 0.0213. The molecule has 0 fully saturated rings. The van der Waals surface area contributed by atoms with Crippen molar-refractivity contribution in [1.82, 2.24) is 4.57 Å². The Balaban J connectivity index is 1.22. The molecule has 11 rings (SSSR count). The van der Waals surface area contributed by atoms with E-state index in [0.29, 0.717) is 0 Å². The van der Waals surface area contributed by atoms with Crippen LogP contribution in [0.4, 0.5) is 0 Å². The molecule has 0 amide bonds. The molecule has 0 saturated heterocycles. The smallest absolute Gasteiger partial charge is 0.0541 e. The summed E-state index contributed by atoms with van der Waals surface area (Å²) < 4.78 is 5.13. The second-order valence-corrected chi connectivity index (χ2v) is 14.3. The molecule has 0 bridgehead atoms. The van der Waals surface area contributed by atoms with Crippen LogP contribution in [0.5, 0.6) is 0 Å². The van der Waals surface area contributed by atoms with Gasteiger partial charge in [-0.1, -0.05) is 127 Å². The Bertz CT molecular complexity index is 2940. The largest absolute Gasteiger partial charge is 0.309 e. The van der Waals surface area contributed by atoms with E-state index in [4.69, 9.17) is 0 Å². The molecule has 1 atom stereocenters. The van der Waals surface area contributed by atoms with Gasteiger partial charge in [0.1, 0.15) is 0 Å². The third-order valence-corrected chi connectivity index (χ3v) is 11.8. The summed E-state index contributed by atoms with van der Waals surface area (Å²) >= 11 is 1.95. The number of thiophene rings is 1. The minimum Gasteiger partial charge on any atom is -0.309 e. The van der Waals surface area contributed by atoms with Gasteiger partial charge in [0.2, 0.25) is 0 Å². The average Bonchev–Trinajstić information content (AvgIpc) is 3.82. The van der Waals surface area contributed by atoms with Crippen LogP contribution in [-0.4, -0.2) is 4.57 Å². The molecule has 228 valence electrons. The Kier molecular flexibility index (Phi) is 5.67. The van der Waals surface area contributed by atoms with Crippen LogP contribution in [0.1, 0.15) is 22.6 Å². The third kappa shape index (κ3) is 3.87. The first-order valence-corrected chi connectivity index (χ1v) is 17.8. The van der Waals surface area contributed by atoms with Crippen molar-refractivity contribution in [3.8, 4) is 27.9 Å². The molecule has 49 heavy (non-hydrogen) atoms. The third-order valence-electron chi connectivity index (χ3n) is 10.6. The summed E-state index contributed by atoms with van der Waals surface area (Å²) in [6, 6.07) is 63.0. The van der Waals surface area contributed by atoms with E-state index in [9.17, 15) is 0 Å². The molecule has 2 heterocycles. The lowest BCUT2D eigenvalue weighted by Crippen LogP contribution is -2.00. The monoisotopic (exact) mass is 639 g/mol. The highest BCUT2D eigenvalue weighted by Gasteiger charge is 2.34. The van der Waals surface area contributed by atoms with Crippen molar-refractivity contribution < 1.29 is 0 Å². The quantitative estimate of drug-likeness (QED) is 0.181. The molecule has 0 N–H and O–H groups in total. The van der Waals surface area contributed by atoms with E-state index in [0.717, 1.165) is 0 Å². The van der Waals surface area contributed by atoms with Gasteiger partial charge in [0.25, 0.3) is 0 Å². The highest BCUT2D eigenvalue weighted by Crippen LogP contribution is 2.56. The summed E-state index contributed by atoms with van der Waals surface area (Å²) in [5.41, 5.74) is 13.1. The zero-order chi connectivity index (χ0) is 32.1. The number of benzene rings is 8. The van der Waals surface area contributed by atoms with E-state index in [1.54, 1.807) is 0 Å². The van der Waals surface area contributed by atoms with Crippen molar-refractivity contribution in [3.05, 3.63) is 187 Å². The van der Waals surface area contributed by atoms with Gasteiger partial charge in [-0.3, -0.25) is 0 Å². The molecular weight excluding hydrogens is 611 g/mol. The number of rotatable bonds is 3. The normalized spacial score (nSPS) is 13.9. The minimum atomic E-state index is 0.173. The van der Waals surface area contributed by atoms with Crippen LogP contribution in [0.25, 0.3) is 80.7 Å². The highest BCUT2D eigenvalue weighted by atomic mass is 32.1. The van der Waals surface area contributed by atoms with Crippen LogP contribution in [-0.2, 0) is 0 Å².